The van der Waals surface area contributed by atoms with Crippen LogP contribution in [0.1, 0.15) is 37.3 Å². The molecule has 2 aromatic rings. The maximum atomic E-state index is 13.0. The van der Waals surface area contributed by atoms with E-state index in [0.29, 0.717) is 12.8 Å². The van der Waals surface area contributed by atoms with Gasteiger partial charge in [-0.3, -0.25) is 19.6 Å². The number of hydrogen-bond donors (Lipinski definition) is 1. The summed E-state index contributed by atoms with van der Waals surface area (Å²) in [5, 5.41) is 2.97. The number of pyridine rings is 2. The van der Waals surface area contributed by atoms with Gasteiger partial charge in [0.2, 0.25) is 11.8 Å². The summed E-state index contributed by atoms with van der Waals surface area (Å²) in [6.45, 7) is 0. The zero-order valence-electron chi connectivity index (χ0n) is 13.8. The fourth-order valence-electron chi connectivity index (χ4n) is 3.60. The molecule has 1 saturated carbocycles. The van der Waals surface area contributed by atoms with E-state index >= 15 is 0 Å². The highest BCUT2D eigenvalue weighted by Gasteiger charge is 2.46. The van der Waals surface area contributed by atoms with Crippen LogP contribution in [0.15, 0.2) is 49.1 Å². The number of anilines is 1. The van der Waals surface area contributed by atoms with Gasteiger partial charge < -0.3 is 10.2 Å². The molecule has 4 rings (SSSR count). The Kier molecular flexibility index (Phi) is 4.17. The van der Waals surface area contributed by atoms with Crippen LogP contribution in [-0.4, -0.2) is 32.7 Å². The first-order valence-electron chi connectivity index (χ1n) is 8.66. The molecule has 1 N–H and O–H groups in total. The second-order valence-electron chi connectivity index (χ2n) is 6.63. The zero-order chi connectivity index (χ0) is 17.2. The summed E-state index contributed by atoms with van der Waals surface area (Å²) in [4.78, 5) is 35.5. The van der Waals surface area contributed by atoms with Crippen LogP contribution in [0.2, 0.25) is 0 Å². The predicted molar refractivity (Wildman–Crippen MR) is 92.4 cm³/mol. The van der Waals surface area contributed by atoms with Gasteiger partial charge in [-0.15, -0.1) is 0 Å². The number of likely N-dealkylation sites (tertiary alicyclic amines) is 1. The van der Waals surface area contributed by atoms with Crippen molar-refractivity contribution in [1.29, 1.82) is 0 Å². The molecular formula is C19H20N4O2. The number of nitrogens with one attached hydrogen (secondary N) is 1. The van der Waals surface area contributed by atoms with Gasteiger partial charge in [0.25, 0.3) is 0 Å². The lowest BCUT2D eigenvalue weighted by molar-refractivity contribution is -0.142. The fourth-order valence-corrected chi connectivity index (χ4v) is 3.60. The highest BCUT2D eigenvalue weighted by atomic mass is 16.2. The summed E-state index contributed by atoms with van der Waals surface area (Å²) >= 11 is 0. The summed E-state index contributed by atoms with van der Waals surface area (Å²) in [6, 6.07) is 7.40. The first-order chi connectivity index (χ1) is 12.2. The van der Waals surface area contributed by atoms with Crippen LogP contribution in [0.3, 0.4) is 0 Å². The van der Waals surface area contributed by atoms with E-state index in [1.165, 1.54) is 0 Å². The second kappa shape index (κ2) is 6.63. The molecule has 2 fully saturated rings. The van der Waals surface area contributed by atoms with Crippen molar-refractivity contribution in [2.45, 2.75) is 37.8 Å². The molecule has 1 saturated heterocycles. The lowest BCUT2D eigenvalue weighted by atomic mass is 9.83. The highest BCUT2D eigenvalue weighted by Crippen LogP contribution is 2.43. The van der Waals surface area contributed by atoms with Crippen molar-refractivity contribution in [2.24, 2.45) is 5.92 Å². The van der Waals surface area contributed by atoms with E-state index in [9.17, 15) is 9.59 Å². The Morgan fingerprint density at radius 1 is 1.00 bits per heavy atom. The van der Waals surface area contributed by atoms with Crippen molar-refractivity contribution in [3.63, 3.8) is 0 Å². The quantitative estimate of drug-likeness (QED) is 0.931. The molecule has 2 amide bonds. The van der Waals surface area contributed by atoms with E-state index in [0.717, 1.165) is 24.1 Å². The largest absolute Gasteiger partial charge is 0.332 e. The Hall–Kier alpha value is -2.76. The van der Waals surface area contributed by atoms with Gasteiger partial charge >= 0.3 is 0 Å². The molecule has 2 aliphatic rings. The molecule has 1 aliphatic carbocycles. The van der Waals surface area contributed by atoms with Crippen LogP contribution in [0.5, 0.6) is 0 Å². The highest BCUT2D eigenvalue weighted by molar-refractivity contribution is 5.94. The van der Waals surface area contributed by atoms with Crippen LogP contribution < -0.4 is 5.32 Å². The Morgan fingerprint density at radius 3 is 2.28 bits per heavy atom. The predicted octanol–water partition coefficient (Wildman–Crippen LogP) is 2.56. The summed E-state index contributed by atoms with van der Waals surface area (Å²) in [5.41, 5.74) is 1.70. The van der Waals surface area contributed by atoms with Gasteiger partial charge in [0.05, 0.1) is 12.0 Å². The molecule has 128 valence electrons. The molecule has 25 heavy (non-hydrogen) atoms. The molecule has 0 aromatic carbocycles. The average Bonchev–Trinajstić information content (AvgIpc) is 3.48. The SMILES string of the molecule is O=C(Nc1ccncc1)[C@H]1CCC(=O)N(C2CC2)[C@@H]1c1ccncc1. The lowest BCUT2D eigenvalue weighted by Crippen LogP contribution is -2.47. The van der Waals surface area contributed by atoms with Gasteiger partial charge in [-0.05, 0) is 49.1 Å². The lowest BCUT2D eigenvalue weighted by Gasteiger charge is -2.41. The normalized spacial score (nSPS) is 23.4. The van der Waals surface area contributed by atoms with Crippen molar-refractivity contribution in [3.8, 4) is 0 Å². The zero-order valence-corrected chi connectivity index (χ0v) is 13.8. The Labute approximate surface area is 146 Å². The molecule has 0 unspecified atom stereocenters. The Bertz CT molecular complexity index is 762. The minimum atomic E-state index is -0.270. The molecule has 1 aliphatic heterocycles. The van der Waals surface area contributed by atoms with E-state index in [1.54, 1.807) is 36.9 Å². The molecule has 6 nitrogen and oxygen atoms in total. The summed E-state index contributed by atoms with van der Waals surface area (Å²) < 4.78 is 0. The third kappa shape index (κ3) is 3.24. The van der Waals surface area contributed by atoms with Crippen LogP contribution in [0.25, 0.3) is 0 Å². The minimum absolute atomic E-state index is 0.0498. The molecule has 2 aromatic heterocycles. The van der Waals surface area contributed by atoms with Crippen molar-refractivity contribution in [2.75, 3.05) is 5.32 Å². The summed E-state index contributed by atoms with van der Waals surface area (Å²) in [7, 11) is 0. The van der Waals surface area contributed by atoms with E-state index < -0.39 is 0 Å². The van der Waals surface area contributed by atoms with Crippen molar-refractivity contribution in [1.82, 2.24) is 14.9 Å². The van der Waals surface area contributed by atoms with Crippen LogP contribution in [-0.2, 0) is 9.59 Å². The molecule has 0 bridgehead atoms. The topological polar surface area (TPSA) is 75.2 Å². The number of piperidine rings is 1. The maximum Gasteiger partial charge on any atom is 0.229 e. The van der Waals surface area contributed by atoms with Crippen molar-refractivity contribution >= 4 is 17.5 Å². The number of nitrogens with zero attached hydrogens (tertiary/aromatic N) is 3. The minimum Gasteiger partial charge on any atom is -0.332 e. The average molecular weight is 336 g/mol. The standard InChI is InChI=1S/C19H20N4O2/c24-17-4-3-16(19(25)22-14-7-11-21-12-8-14)18(23(17)15-1-2-15)13-5-9-20-10-6-13/h5-12,15-16,18H,1-4H2,(H,21,22,25)/t16-,18+/m0/s1. The second-order valence-corrected chi connectivity index (χ2v) is 6.63. The fraction of sp³-hybridized carbons (Fsp3) is 0.368. The Morgan fingerprint density at radius 2 is 1.64 bits per heavy atom. The number of hydrogen-bond acceptors (Lipinski definition) is 4. The van der Waals surface area contributed by atoms with Gasteiger partial charge in [0, 0.05) is 42.9 Å². The van der Waals surface area contributed by atoms with Crippen LogP contribution in [0.4, 0.5) is 5.69 Å². The van der Waals surface area contributed by atoms with E-state index in [2.05, 4.69) is 15.3 Å². The number of rotatable bonds is 4. The van der Waals surface area contributed by atoms with Gasteiger partial charge in [-0.25, -0.2) is 0 Å². The van der Waals surface area contributed by atoms with Gasteiger partial charge in [0.15, 0.2) is 0 Å². The summed E-state index contributed by atoms with van der Waals surface area (Å²) in [5.74, 6) is -0.169. The maximum absolute atomic E-state index is 13.0. The number of amides is 2. The van der Waals surface area contributed by atoms with Crippen LogP contribution >= 0.6 is 0 Å². The molecule has 0 radical (unpaired) electrons. The number of aromatic nitrogens is 2. The van der Waals surface area contributed by atoms with Crippen molar-refractivity contribution < 1.29 is 9.59 Å². The van der Waals surface area contributed by atoms with Gasteiger partial charge in [-0.2, -0.15) is 0 Å². The smallest absolute Gasteiger partial charge is 0.229 e. The molecule has 0 spiro atoms. The third-order valence-corrected chi connectivity index (χ3v) is 4.91. The summed E-state index contributed by atoms with van der Waals surface area (Å²) in [6.07, 6.45) is 9.76. The Balaban J connectivity index is 1.64. The molecular weight excluding hydrogens is 316 g/mol. The van der Waals surface area contributed by atoms with Crippen LogP contribution in [0, 0.1) is 5.92 Å². The molecule has 2 atom stereocenters. The first kappa shape index (κ1) is 15.7. The number of carbonyl (C=O) groups excluding carboxylic acids is 2. The third-order valence-electron chi connectivity index (χ3n) is 4.91. The van der Waals surface area contributed by atoms with E-state index in [1.807, 2.05) is 17.0 Å². The van der Waals surface area contributed by atoms with Gasteiger partial charge in [-0.1, -0.05) is 0 Å². The molecule has 6 heteroatoms. The number of carbonyl (C=O) groups is 2. The van der Waals surface area contributed by atoms with Gasteiger partial charge in [0.1, 0.15) is 0 Å². The van der Waals surface area contributed by atoms with E-state index in [-0.39, 0.29) is 29.8 Å². The van der Waals surface area contributed by atoms with Crippen molar-refractivity contribution in [3.05, 3.63) is 54.6 Å². The first-order valence-corrected chi connectivity index (χ1v) is 8.66. The van der Waals surface area contributed by atoms with E-state index in [4.69, 9.17) is 0 Å². The molecule has 3 heterocycles. The monoisotopic (exact) mass is 336 g/mol.